The Labute approximate surface area is 211 Å². The van der Waals surface area contributed by atoms with Crippen molar-refractivity contribution in [2.45, 2.75) is 50.9 Å². The molecule has 184 valence electrons. The predicted octanol–water partition coefficient (Wildman–Crippen LogP) is 4.93. The molecule has 0 saturated carbocycles. The Morgan fingerprint density at radius 2 is 1.22 bits per heavy atom. The first-order chi connectivity index (χ1) is 17.7. The SMILES string of the molecule is CN1Cc2cc(-c3cnc(C4CCCN4)[nH]3)ccc2-c2ccc(-c3cnc(C4CCCN4)[nH]3)cc2C1. The number of aromatic amines is 2. The Balaban J connectivity index is 1.20. The lowest BCUT2D eigenvalue weighted by molar-refractivity contribution is 0.323. The number of hydrogen-bond donors (Lipinski definition) is 4. The van der Waals surface area contributed by atoms with Crippen LogP contribution < -0.4 is 10.6 Å². The second-order valence-corrected chi connectivity index (χ2v) is 10.6. The van der Waals surface area contributed by atoms with Gasteiger partial charge in [-0.3, -0.25) is 4.90 Å². The average Bonchev–Trinajstić information content (AvgIpc) is 3.69. The van der Waals surface area contributed by atoms with Gasteiger partial charge in [0.2, 0.25) is 0 Å². The molecule has 2 saturated heterocycles. The minimum atomic E-state index is 0.354. The van der Waals surface area contributed by atoms with Gasteiger partial charge in [0.15, 0.2) is 0 Å². The van der Waals surface area contributed by atoms with Gasteiger partial charge in [-0.1, -0.05) is 24.3 Å². The molecule has 0 aliphatic carbocycles. The number of nitrogens with zero attached hydrogens (tertiary/aromatic N) is 3. The maximum atomic E-state index is 4.68. The van der Waals surface area contributed by atoms with Gasteiger partial charge in [-0.05, 0) is 91.3 Å². The van der Waals surface area contributed by atoms with Gasteiger partial charge in [-0.15, -0.1) is 0 Å². The number of benzene rings is 2. The molecule has 5 heterocycles. The van der Waals surface area contributed by atoms with Gasteiger partial charge in [0, 0.05) is 13.1 Å². The molecule has 2 aromatic carbocycles. The minimum Gasteiger partial charge on any atom is -0.341 e. The summed E-state index contributed by atoms with van der Waals surface area (Å²) in [6.07, 6.45) is 8.70. The molecule has 2 fully saturated rings. The highest BCUT2D eigenvalue weighted by Crippen LogP contribution is 2.37. The van der Waals surface area contributed by atoms with Crippen LogP contribution in [0, 0.1) is 0 Å². The number of hydrogen-bond acceptors (Lipinski definition) is 5. The van der Waals surface area contributed by atoms with Gasteiger partial charge in [0.1, 0.15) is 11.6 Å². The van der Waals surface area contributed by atoms with Gasteiger partial charge >= 0.3 is 0 Å². The summed E-state index contributed by atoms with van der Waals surface area (Å²) in [6.45, 7) is 3.98. The molecule has 3 aliphatic rings. The summed E-state index contributed by atoms with van der Waals surface area (Å²) in [7, 11) is 2.21. The number of imidazole rings is 2. The third-order valence-corrected chi connectivity index (χ3v) is 7.97. The first kappa shape index (κ1) is 22.0. The van der Waals surface area contributed by atoms with Gasteiger partial charge < -0.3 is 20.6 Å². The number of aromatic nitrogens is 4. The summed E-state index contributed by atoms with van der Waals surface area (Å²) < 4.78 is 0. The Morgan fingerprint density at radius 3 is 1.67 bits per heavy atom. The van der Waals surface area contributed by atoms with Crippen molar-refractivity contribution in [1.82, 2.24) is 35.5 Å². The van der Waals surface area contributed by atoms with Crippen LogP contribution in [0.4, 0.5) is 0 Å². The fourth-order valence-electron chi connectivity index (χ4n) is 6.10. The van der Waals surface area contributed by atoms with E-state index in [0.29, 0.717) is 12.1 Å². The molecule has 2 atom stereocenters. The molecule has 0 spiro atoms. The Kier molecular flexibility index (Phi) is 5.49. The van der Waals surface area contributed by atoms with Crippen molar-refractivity contribution < 1.29 is 0 Å². The van der Waals surface area contributed by atoms with Crippen LogP contribution in [-0.4, -0.2) is 45.0 Å². The molecule has 2 unspecified atom stereocenters. The molecule has 2 aromatic heterocycles. The van der Waals surface area contributed by atoms with Crippen molar-refractivity contribution in [3.63, 3.8) is 0 Å². The maximum absolute atomic E-state index is 4.68. The number of rotatable bonds is 4. The Morgan fingerprint density at radius 1 is 0.722 bits per heavy atom. The zero-order chi connectivity index (χ0) is 24.1. The summed E-state index contributed by atoms with van der Waals surface area (Å²) in [6, 6.07) is 14.4. The zero-order valence-electron chi connectivity index (χ0n) is 20.8. The van der Waals surface area contributed by atoms with Crippen LogP contribution in [0.1, 0.15) is 60.5 Å². The third-order valence-electron chi connectivity index (χ3n) is 7.97. The van der Waals surface area contributed by atoms with E-state index in [1.54, 1.807) is 0 Å². The summed E-state index contributed by atoms with van der Waals surface area (Å²) in [5, 5.41) is 7.07. The molecule has 0 amide bonds. The Bertz CT molecular complexity index is 1280. The molecule has 0 bridgehead atoms. The lowest BCUT2D eigenvalue weighted by atomic mass is 9.93. The second-order valence-electron chi connectivity index (χ2n) is 10.6. The molecule has 4 aromatic rings. The molecule has 4 N–H and O–H groups in total. The van der Waals surface area contributed by atoms with E-state index in [0.717, 1.165) is 62.1 Å². The number of H-pyrrole nitrogens is 2. The zero-order valence-corrected chi connectivity index (χ0v) is 20.8. The van der Waals surface area contributed by atoms with Crippen molar-refractivity contribution in [1.29, 1.82) is 0 Å². The summed E-state index contributed by atoms with van der Waals surface area (Å²) in [4.78, 5) is 18.9. The van der Waals surface area contributed by atoms with E-state index in [9.17, 15) is 0 Å². The molecule has 7 heteroatoms. The first-order valence-electron chi connectivity index (χ1n) is 13.2. The molecule has 3 aliphatic heterocycles. The first-order valence-corrected chi connectivity index (χ1v) is 13.2. The molecule has 7 rings (SSSR count). The maximum Gasteiger partial charge on any atom is 0.123 e. The van der Waals surface area contributed by atoms with E-state index in [2.05, 4.69) is 78.9 Å². The average molecular weight is 480 g/mol. The molecular formula is C29H33N7. The summed E-state index contributed by atoms with van der Waals surface area (Å²) in [5.74, 6) is 2.11. The predicted molar refractivity (Wildman–Crippen MR) is 142 cm³/mol. The number of nitrogens with one attached hydrogen (secondary N) is 4. The highest BCUT2D eigenvalue weighted by molar-refractivity contribution is 5.77. The van der Waals surface area contributed by atoms with Crippen molar-refractivity contribution >= 4 is 0 Å². The third kappa shape index (κ3) is 3.97. The van der Waals surface area contributed by atoms with Gasteiger partial charge in [0.25, 0.3) is 0 Å². The normalized spacial score (nSPS) is 21.9. The monoisotopic (exact) mass is 479 g/mol. The van der Waals surface area contributed by atoms with E-state index < -0.39 is 0 Å². The van der Waals surface area contributed by atoms with Crippen LogP contribution in [0.3, 0.4) is 0 Å². The minimum absolute atomic E-state index is 0.354. The van der Waals surface area contributed by atoms with Crippen LogP contribution in [-0.2, 0) is 13.1 Å². The van der Waals surface area contributed by atoms with E-state index in [1.807, 2.05) is 12.4 Å². The van der Waals surface area contributed by atoms with Gasteiger partial charge in [-0.2, -0.15) is 0 Å². The molecule has 36 heavy (non-hydrogen) atoms. The van der Waals surface area contributed by atoms with Crippen LogP contribution in [0.15, 0.2) is 48.8 Å². The molecule has 7 nitrogen and oxygen atoms in total. The van der Waals surface area contributed by atoms with Crippen LogP contribution in [0.25, 0.3) is 33.6 Å². The second kappa shape index (κ2) is 9.00. The van der Waals surface area contributed by atoms with Crippen molar-refractivity contribution in [3.8, 4) is 33.6 Å². The smallest absolute Gasteiger partial charge is 0.123 e. The fourth-order valence-corrected chi connectivity index (χ4v) is 6.10. The highest BCUT2D eigenvalue weighted by atomic mass is 15.1. The molecule has 0 radical (unpaired) electrons. The van der Waals surface area contributed by atoms with Gasteiger partial charge in [-0.25, -0.2) is 9.97 Å². The van der Waals surface area contributed by atoms with Crippen molar-refractivity contribution in [3.05, 3.63) is 71.6 Å². The number of fused-ring (bicyclic) bond motifs is 3. The Hall–Kier alpha value is -3.26. The van der Waals surface area contributed by atoms with E-state index >= 15 is 0 Å². The van der Waals surface area contributed by atoms with Gasteiger partial charge in [0.05, 0.1) is 35.9 Å². The lowest BCUT2D eigenvalue weighted by Gasteiger charge is -2.15. The van der Waals surface area contributed by atoms with Crippen molar-refractivity contribution in [2.24, 2.45) is 0 Å². The lowest BCUT2D eigenvalue weighted by Crippen LogP contribution is -2.15. The highest BCUT2D eigenvalue weighted by Gasteiger charge is 2.23. The standard InChI is InChI=1S/C29H33N7/c1-36-16-20-12-18(26-14-32-28(34-26)24-4-2-10-30-24)6-8-22(20)23-9-7-19(13-21(23)17-36)27-15-33-29(35-27)25-5-3-11-31-25/h6-9,12-15,24-25,30-31H,2-5,10-11,16-17H2,1H3,(H,32,34)(H,33,35). The van der Waals surface area contributed by atoms with E-state index in [-0.39, 0.29) is 0 Å². The summed E-state index contributed by atoms with van der Waals surface area (Å²) in [5.41, 5.74) is 9.94. The topological polar surface area (TPSA) is 84.7 Å². The molecular weight excluding hydrogens is 446 g/mol. The largest absolute Gasteiger partial charge is 0.341 e. The van der Waals surface area contributed by atoms with Crippen LogP contribution in [0.5, 0.6) is 0 Å². The van der Waals surface area contributed by atoms with Crippen LogP contribution >= 0.6 is 0 Å². The quantitative estimate of drug-likeness (QED) is 0.334. The summed E-state index contributed by atoms with van der Waals surface area (Å²) >= 11 is 0. The van der Waals surface area contributed by atoms with Crippen molar-refractivity contribution in [2.75, 3.05) is 20.1 Å². The fraction of sp³-hybridized carbons (Fsp3) is 0.379. The van der Waals surface area contributed by atoms with E-state index in [4.69, 9.17) is 0 Å². The van der Waals surface area contributed by atoms with E-state index in [1.165, 1.54) is 46.2 Å². The van der Waals surface area contributed by atoms with Crippen LogP contribution in [0.2, 0.25) is 0 Å².